The van der Waals surface area contributed by atoms with E-state index in [1.54, 1.807) is 18.9 Å². The fraction of sp³-hybridized carbons (Fsp3) is 0.926. The number of aliphatic hydroxyl groups is 1. The SMILES string of the molecule is CCCCCCCCCCCCCCCCCCC[C@H]1C[C@@H](O)C(=O)N[C@H](C)C(=O)N1C. The molecule has 32 heavy (non-hydrogen) atoms. The fourth-order valence-corrected chi connectivity index (χ4v) is 4.80. The zero-order valence-corrected chi connectivity index (χ0v) is 21.4. The molecule has 1 aliphatic heterocycles. The second kappa shape index (κ2) is 18.3. The van der Waals surface area contributed by atoms with Gasteiger partial charge in [0.05, 0.1) is 0 Å². The Morgan fingerprint density at radius 2 is 1.19 bits per heavy atom. The third kappa shape index (κ3) is 12.8. The molecular formula is C27H52N2O3. The first-order valence-corrected chi connectivity index (χ1v) is 13.7. The highest BCUT2D eigenvalue weighted by molar-refractivity contribution is 5.90. The Balaban J connectivity index is 1.96. The van der Waals surface area contributed by atoms with Crippen LogP contribution >= 0.6 is 0 Å². The third-order valence-corrected chi connectivity index (χ3v) is 7.06. The first-order chi connectivity index (χ1) is 15.5. The lowest BCUT2D eigenvalue weighted by atomic mass is 9.97. The number of nitrogens with zero attached hydrogens (tertiary/aromatic N) is 1. The van der Waals surface area contributed by atoms with Crippen LogP contribution in [0.15, 0.2) is 0 Å². The molecule has 1 heterocycles. The Morgan fingerprint density at radius 3 is 1.62 bits per heavy atom. The number of hydrogen-bond donors (Lipinski definition) is 2. The predicted octanol–water partition coefficient (Wildman–Crippen LogP) is 6.12. The molecule has 0 spiro atoms. The minimum atomic E-state index is -1.02. The summed E-state index contributed by atoms with van der Waals surface area (Å²) in [6.45, 7) is 3.96. The van der Waals surface area contributed by atoms with Crippen LogP contribution in [0.4, 0.5) is 0 Å². The maximum absolute atomic E-state index is 12.4. The molecule has 5 nitrogen and oxygen atoms in total. The summed E-state index contributed by atoms with van der Waals surface area (Å²) in [5.74, 6) is -0.492. The van der Waals surface area contributed by atoms with Crippen LogP contribution in [0.25, 0.3) is 0 Å². The minimum Gasteiger partial charge on any atom is -0.383 e. The van der Waals surface area contributed by atoms with Crippen molar-refractivity contribution in [2.24, 2.45) is 0 Å². The first-order valence-electron chi connectivity index (χ1n) is 13.7. The molecule has 0 aromatic carbocycles. The highest BCUT2D eigenvalue weighted by atomic mass is 16.3. The Labute approximate surface area is 198 Å². The molecule has 2 N–H and O–H groups in total. The molecule has 0 aliphatic carbocycles. The summed E-state index contributed by atoms with van der Waals surface area (Å²) in [6.07, 6.45) is 23.1. The number of nitrogens with one attached hydrogen (secondary N) is 1. The topological polar surface area (TPSA) is 69.6 Å². The van der Waals surface area contributed by atoms with Gasteiger partial charge in [-0.3, -0.25) is 9.59 Å². The van der Waals surface area contributed by atoms with Crippen LogP contribution in [0.3, 0.4) is 0 Å². The van der Waals surface area contributed by atoms with Crippen LogP contribution in [0.5, 0.6) is 0 Å². The van der Waals surface area contributed by atoms with Crippen molar-refractivity contribution in [3.8, 4) is 0 Å². The van der Waals surface area contributed by atoms with Gasteiger partial charge in [-0.25, -0.2) is 0 Å². The minimum absolute atomic E-state index is 0.0534. The average Bonchev–Trinajstić information content (AvgIpc) is 2.78. The van der Waals surface area contributed by atoms with E-state index in [4.69, 9.17) is 0 Å². The molecule has 1 saturated heterocycles. The molecule has 5 heteroatoms. The molecular weight excluding hydrogens is 400 g/mol. The predicted molar refractivity (Wildman–Crippen MR) is 134 cm³/mol. The summed E-state index contributed by atoms with van der Waals surface area (Å²) in [7, 11) is 1.79. The molecule has 1 fully saturated rings. The van der Waals surface area contributed by atoms with Crippen molar-refractivity contribution in [3.05, 3.63) is 0 Å². The van der Waals surface area contributed by atoms with Crippen LogP contribution in [0.2, 0.25) is 0 Å². The van der Waals surface area contributed by atoms with Gasteiger partial charge in [-0.1, -0.05) is 116 Å². The van der Waals surface area contributed by atoms with Gasteiger partial charge in [0.1, 0.15) is 12.1 Å². The Bertz CT molecular complexity index is 497. The van der Waals surface area contributed by atoms with Crippen molar-refractivity contribution in [2.75, 3.05) is 7.05 Å². The van der Waals surface area contributed by atoms with E-state index in [2.05, 4.69) is 12.2 Å². The number of carbonyl (C=O) groups excluding carboxylic acids is 2. The first kappa shape index (κ1) is 28.9. The number of amides is 2. The summed E-state index contributed by atoms with van der Waals surface area (Å²) >= 11 is 0. The van der Waals surface area contributed by atoms with E-state index >= 15 is 0 Å². The van der Waals surface area contributed by atoms with E-state index in [-0.39, 0.29) is 11.9 Å². The number of aliphatic hydroxyl groups excluding tert-OH is 1. The average molecular weight is 453 g/mol. The van der Waals surface area contributed by atoms with Crippen molar-refractivity contribution in [1.29, 1.82) is 0 Å². The van der Waals surface area contributed by atoms with Crippen LogP contribution in [-0.2, 0) is 9.59 Å². The van der Waals surface area contributed by atoms with E-state index in [0.29, 0.717) is 6.42 Å². The van der Waals surface area contributed by atoms with Crippen molar-refractivity contribution < 1.29 is 14.7 Å². The van der Waals surface area contributed by atoms with Gasteiger partial charge in [0, 0.05) is 19.5 Å². The molecule has 2 amide bonds. The summed E-state index contributed by atoms with van der Waals surface area (Å²) < 4.78 is 0. The van der Waals surface area contributed by atoms with Gasteiger partial charge in [-0.2, -0.15) is 0 Å². The van der Waals surface area contributed by atoms with Gasteiger partial charge in [-0.15, -0.1) is 0 Å². The summed E-state index contributed by atoms with van der Waals surface area (Å²) in [6, 6.07) is -0.622. The van der Waals surface area contributed by atoms with Gasteiger partial charge >= 0.3 is 0 Å². The van der Waals surface area contributed by atoms with Crippen LogP contribution in [0.1, 0.15) is 136 Å². The highest BCUT2D eigenvalue weighted by Gasteiger charge is 2.32. The Kier molecular flexibility index (Phi) is 16.6. The van der Waals surface area contributed by atoms with Crippen LogP contribution in [0, 0.1) is 0 Å². The second-order valence-electron chi connectivity index (χ2n) is 10.0. The van der Waals surface area contributed by atoms with Crippen molar-refractivity contribution in [3.63, 3.8) is 0 Å². The molecule has 1 aliphatic rings. The van der Waals surface area contributed by atoms with Gasteiger partial charge < -0.3 is 15.3 Å². The maximum Gasteiger partial charge on any atom is 0.249 e. The van der Waals surface area contributed by atoms with Crippen molar-refractivity contribution in [1.82, 2.24) is 10.2 Å². The molecule has 0 bridgehead atoms. The summed E-state index contributed by atoms with van der Waals surface area (Å²) in [4.78, 5) is 26.0. The second-order valence-corrected chi connectivity index (χ2v) is 10.0. The Morgan fingerprint density at radius 1 is 0.781 bits per heavy atom. The van der Waals surface area contributed by atoms with Gasteiger partial charge in [-0.05, 0) is 13.3 Å². The standard InChI is InChI=1S/C27H52N2O3/c1-4-5-6-7-8-9-10-11-12-13-14-15-16-17-18-19-20-21-24-22-25(30)26(31)28-23(2)27(32)29(24)3/h23-25,30H,4-22H2,1-3H3,(H,28,31)/t23-,24+,25-/m1/s1. The number of hydrogen-bond acceptors (Lipinski definition) is 3. The molecule has 0 radical (unpaired) electrons. The summed E-state index contributed by atoms with van der Waals surface area (Å²) in [5.41, 5.74) is 0. The van der Waals surface area contributed by atoms with E-state index in [0.717, 1.165) is 19.3 Å². The van der Waals surface area contributed by atoms with Crippen molar-refractivity contribution >= 4 is 11.8 Å². The Hall–Kier alpha value is -1.10. The molecule has 3 atom stereocenters. The molecule has 0 aromatic rings. The smallest absolute Gasteiger partial charge is 0.249 e. The van der Waals surface area contributed by atoms with Crippen LogP contribution in [-0.4, -0.2) is 47.1 Å². The van der Waals surface area contributed by atoms with E-state index in [1.807, 2.05) is 0 Å². The van der Waals surface area contributed by atoms with Gasteiger partial charge in [0.25, 0.3) is 0 Å². The third-order valence-electron chi connectivity index (χ3n) is 7.06. The lowest BCUT2D eigenvalue weighted by Gasteiger charge is -2.34. The molecule has 188 valence electrons. The monoisotopic (exact) mass is 452 g/mol. The lowest BCUT2D eigenvalue weighted by molar-refractivity contribution is -0.143. The molecule has 0 saturated carbocycles. The summed E-state index contributed by atoms with van der Waals surface area (Å²) in [5, 5.41) is 12.6. The fourth-order valence-electron chi connectivity index (χ4n) is 4.80. The largest absolute Gasteiger partial charge is 0.383 e. The lowest BCUT2D eigenvalue weighted by Crippen LogP contribution is -2.55. The number of likely N-dealkylation sites (N-methyl/N-ethyl adjacent to an activating group) is 1. The molecule has 1 rings (SSSR count). The van der Waals surface area contributed by atoms with Crippen LogP contribution < -0.4 is 5.32 Å². The zero-order valence-electron chi connectivity index (χ0n) is 21.4. The number of rotatable bonds is 18. The van der Waals surface area contributed by atoms with E-state index < -0.39 is 18.1 Å². The van der Waals surface area contributed by atoms with E-state index in [1.165, 1.54) is 96.3 Å². The number of unbranched alkanes of at least 4 members (excludes halogenated alkanes) is 16. The van der Waals surface area contributed by atoms with Crippen molar-refractivity contribution in [2.45, 2.75) is 154 Å². The highest BCUT2D eigenvalue weighted by Crippen LogP contribution is 2.19. The number of carbonyl (C=O) groups is 2. The zero-order chi connectivity index (χ0) is 23.6. The quantitative estimate of drug-likeness (QED) is 0.246. The molecule has 0 unspecified atom stereocenters. The normalized spacial score (nSPS) is 22.0. The van der Waals surface area contributed by atoms with E-state index in [9.17, 15) is 14.7 Å². The van der Waals surface area contributed by atoms with Gasteiger partial charge in [0.2, 0.25) is 11.8 Å². The maximum atomic E-state index is 12.4. The van der Waals surface area contributed by atoms with Gasteiger partial charge in [0.15, 0.2) is 0 Å². The molecule has 0 aromatic heterocycles.